The van der Waals surface area contributed by atoms with Gasteiger partial charge in [0, 0.05) is 6.54 Å². The van der Waals surface area contributed by atoms with Crippen molar-refractivity contribution in [2.24, 2.45) is 17.6 Å². The van der Waals surface area contributed by atoms with Gasteiger partial charge in [0.2, 0.25) is 11.8 Å². The van der Waals surface area contributed by atoms with E-state index < -0.39 is 12.1 Å². The van der Waals surface area contributed by atoms with Gasteiger partial charge in [-0.2, -0.15) is 0 Å². The van der Waals surface area contributed by atoms with Crippen molar-refractivity contribution in [1.82, 2.24) is 10.6 Å². The summed E-state index contributed by atoms with van der Waals surface area (Å²) in [5.41, 5.74) is 7.16. The van der Waals surface area contributed by atoms with Gasteiger partial charge in [-0.25, -0.2) is 0 Å². The molecular weight excluding hydrogens is 350 g/mol. The van der Waals surface area contributed by atoms with Crippen LogP contribution in [0.4, 0.5) is 0 Å². The van der Waals surface area contributed by atoms with Crippen LogP contribution in [0, 0.1) is 11.8 Å². The summed E-state index contributed by atoms with van der Waals surface area (Å²) in [6.45, 7) is 8.56. The Bertz CT molecular complexity index is 537. The van der Waals surface area contributed by atoms with Crippen molar-refractivity contribution in [3.05, 3.63) is 35.9 Å². The lowest BCUT2D eigenvalue weighted by molar-refractivity contribution is -0.130. The van der Waals surface area contributed by atoms with Gasteiger partial charge in [-0.05, 0) is 30.2 Å². The summed E-state index contributed by atoms with van der Waals surface area (Å²) in [5.74, 6) is -0.0154. The minimum absolute atomic E-state index is 0. The van der Waals surface area contributed by atoms with Crippen LogP contribution in [-0.4, -0.2) is 30.4 Å². The van der Waals surface area contributed by atoms with Crippen LogP contribution in [-0.2, 0) is 16.0 Å². The van der Waals surface area contributed by atoms with Crippen LogP contribution in [0.2, 0.25) is 0 Å². The van der Waals surface area contributed by atoms with E-state index in [-0.39, 0.29) is 30.1 Å². The fraction of sp³-hybridized carbons (Fsp3) is 0.600. The van der Waals surface area contributed by atoms with Crippen LogP contribution >= 0.6 is 12.4 Å². The Balaban J connectivity index is 0.00000625. The number of amides is 2. The molecule has 1 aromatic carbocycles. The Kier molecular flexibility index (Phi) is 11.9. The van der Waals surface area contributed by atoms with E-state index in [1.54, 1.807) is 0 Å². The van der Waals surface area contributed by atoms with E-state index in [9.17, 15) is 9.59 Å². The van der Waals surface area contributed by atoms with Crippen LogP contribution in [0.5, 0.6) is 0 Å². The second-order valence-electron chi connectivity index (χ2n) is 7.13. The predicted molar refractivity (Wildman–Crippen MR) is 109 cm³/mol. The fourth-order valence-electron chi connectivity index (χ4n) is 2.58. The molecule has 0 fully saturated rings. The Hall–Kier alpha value is -1.59. The second-order valence-corrected chi connectivity index (χ2v) is 7.13. The number of rotatable bonds is 10. The van der Waals surface area contributed by atoms with Crippen molar-refractivity contribution in [3.8, 4) is 0 Å². The molecule has 0 radical (unpaired) electrons. The average molecular weight is 384 g/mol. The maximum atomic E-state index is 12.5. The van der Waals surface area contributed by atoms with E-state index in [1.807, 2.05) is 58.0 Å². The van der Waals surface area contributed by atoms with Gasteiger partial charge >= 0.3 is 0 Å². The minimum Gasteiger partial charge on any atom is -0.354 e. The molecular formula is C20H34ClN3O2. The number of nitrogens with two attached hydrogens (primary N) is 1. The monoisotopic (exact) mass is 383 g/mol. The zero-order valence-electron chi connectivity index (χ0n) is 16.3. The lowest BCUT2D eigenvalue weighted by Gasteiger charge is -2.24. The quantitative estimate of drug-likeness (QED) is 0.580. The molecule has 0 saturated heterocycles. The van der Waals surface area contributed by atoms with Gasteiger partial charge in [-0.3, -0.25) is 9.59 Å². The zero-order chi connectivity index (χ0) is 18.8. The Labute approximate surface area is 163 Å². The first-order valence-corrected chi connectivity index (χ1v) is 9.22. The first-order valence-electron chi connectivity index (χ1n) is 9.22. The molecule has 0 aliphatic rings. The number of hydrogen-bond acceptors (Lipinski definition) is 3. The molecule has 3 atom stereocenters. The third kappa shape index (κ3) is 8.68. The Morgan fingerprint density at radius 2 is 1.69 bits per heavy atom. The summed E-state index contributed by atoms with van der Waals surface area (Å²) in [5, 5.41) is 5.77. The van der Waals surface area contributed by atoms with Crippen molar-refractivity contribution in [2.45, 2.75) is 59.0 Å². The molecule has 0 aliphatic heterocycles. The van der Waals surface area contributed by atoms with Crippen LogP contribution in [0.25, 0.3) is 0 Å². The van der Waals surface area contributed by atoms with Gasteiger partial charge in [-0.1, -0.05) is 64.4 Å². The van der Waals surface area contributed by atoms with Crippen molar-refractivity contribution in [1.29, 1.82) is 0 Å². The Morgan fingerprint density at radius 3 is 2.23 bits per heavy atom. The first-order chi connectivity index (χ1) is 11.8. The summed E-state index contributed by atoms with van der Waals surface area (Å²) in [6.07, 6.45) is 2.18. The molecule has 0 spiro atoms. The van der Waals surface area contributed by atoms with E-state index in [0.717, 1.165) is 12.8 Å². The highest BCUT2D eigenvalue weighted by Gasteiger charge is 2.26. The molecule has 2 amide bonds. The number of carbonyl (C=O) groups is 2. The predicted octanol–water partition coefficient (Wildman–Crippen LogP) is 2.67. The van der Waals surface area contributed by atoms with E-state index in [4.69, 9.17) is 5.73 Å². The molecule has 0 unspecified atom stereocenters. The van der Waals surface area contributed by atoms with Gasteiger partial charge < -0.3 is 16.4 Å². The highest BCUT2D eigenvalue weighted by molar-refractivity contribution is 5.89. The topological polar surface area (TPSA) is 84.2 Å². The number of carbonyl (C=O) groups excluding carboxylic acids is 2. The standard InChI is InChI=1S/C20H33N3O2.ClH/c1-5-15(4)18(21)20(25)23-17(13-14(2)3)19(24)22-12-11-16-9-7-6-8-10-16;/h6-10,14-15,17-18H,5,11-13,21H2,1-4H3,(H,22,24)(H,23,25);1H/t15-,17-,18-;/m0./s1. The maximum absolute atomic E-state index is 12.5. The van der Waals surface area contributed by atoms with Gasteiger partial charge in [0.25, 0.3) is 0 Å². The van der Waals surface area contributed by atoms with Crippen molar-refractivity contribution in [2.75, 3.05) is 6.54 Å². The molecule has 0 bridgehead atoms. The lowest BCUT2D eigenvalue weighted by atomic mass is 9.97. The molecule has 1 aromatic rings. The smallest absolute Gasteiger partial charge is 0.242 e. The molecule has 5 nitrogen and oxygen atoms in total. The van der Waals surface area contributed by atoms with Gasteiger partial charge in [-0.15, -0.1) is 12.4 Å². The normalized spacial score (nSPS) is 14.1. The number of hydrogen-bond donors (Lipinski definition) is 3. The SMILES string of the molecule is CC[C@H](C)[C@H](N)C(=O)N[C@@H](CC(C)C)C(=O)NCCc1ccccc1.Cl. The molecule has 4 N–H and O–H groups in total. The molecule has 148 valence electrons. The molecule has 0 aliphatic carbocycles. The minimum atomic E-state index is -0.586. The van der Waals surface area contributed by atoms with E-state index in [0.29, 0.717) is 18.9 Å². The maximum Gasteiger partial charge on any atom is 0.242 e. The van der Waals surface area contributed by atoms with Crippen LogP contribution in [0.1, 0.15) is 46.1 Å². The third-order valence-corrected chi connectivity index (χ3v) is 4.46. The zero-order valence-corrected chi connectivity index (χ0v) is 17.1. The highest BCUT2D eigenvalue weighted by atomic mass is 35.5. The largest absolute Gasteiger partial charge is 0.354 e. The van der Waals surface area contributed by atoms with Gasteiger partial charge in [0.15, 0.2) is 0 Å². The second kappa shape index (κ2) is 12.7. The molecule has 0 saturated carbocycles. The summed E-state index contributed by atoms with van der Waals surface area (Å²) in [6, 6.07) is 8.87. The van der Waals surface area contributed by atoms with Crippen LogP contribution in [0.3, 0.4) is 0 Å². The van der Waals surface area contributed by atoms with Crippen molar-refractivity contribution >= 4 is 24.2 Å². The first kappa shape index (κ1) is 24.4. The van der Waals surface area contributed by atoms with Crippen molar-refractivity contribution in [3.63, 3.8) is 0 Å². The number of nitrogens with one attached hydrogen (secondary N) is 2. The molecule has 1 rings (SSSR count). The molecule has 6 heteroatoms. The fourth-order valence-corrected chi connectivity index (χ4v) is 2.58. The lowest BCUT2D eigenvalue weighted by Crippen LogP contribution is -2.53. The highest BCUT2D eigenvalue weighted by Crippen LogP contribution is 2.09. The molecule has 26 heavy (non-hydrogen) atoms. The van der Waals surface area contributed by atoms with Crippen molar-refractivity contribution < 1.29 is 9.59 Å². The van der Waals surface area contributed by atoms with Gasteiger partial charge in [0.1, 0.15) is 6.04 Å². The van der Waals surface area contributed by atoms with E-state index >= 15 is 0 Å². The van der Waals surface area contributed by atoms with E-state index in [1.165, 1.54) is 5.56 Å². The summed E-state index contributed by atoms with van der Waals surface area (Å²) in [7, 11) is 0. The third-order valence-electron chi connectivity index (χ3n) is 4.46. The van der Waals surface area contributed by atoms with Gasteiger partial charge in [0.05, 0.1) is 6.04 Å². The number of halogens is 1. The average Bonchev–Trinajstić information content (AvgIpc) is 2.60. The Morgan fingerprint density at radius 1 is 1.08 bits per heavy atom. The number of benzene rings is 1. The summed E-state index contributed by atoms with van der Waals surface area (Å²) in [4.78, 5) is 24.8. The van der Waals surface area contributed by atoms with E-state index in [2.05, 4.69) is 10.6 Å². The molecule has 0 aromatic heterocycles. The van der Waals surface area contributed by atoms with Crippen LogP contribution in [0.15, 0.2) is 30.3 Å². The molecule has 0 heterocycles. The summed E-state index contributed by atoms with van der Waals surface area (Å²) < 4.78 is 0. The van der Waals surface area contributed by atoms with Crippen LogP contribution < -0.4 is 16.4 Å². The summed E-state index contributed by atoms with van der Waals surface area (Å²) >= 11 is 0.